The average Bonchev–Trinajstić information content (AvgIpc) is 2.99. The lowest BCUT2D eigenvalue weighted by atomic mass is 9.82. The van der Waals surface area contributed by atoms with Gasteiger partial charge >= 0.3 is 6.03 Å². The summed E-state index contributed by atoms with van der Waals surface area (Å²) in [6.07, 6.45) is 4.57. The molecule has 1 atom stereocenters. The Bertz CT molecular complexity index is 981. The second-order valence-electron chi connectivity index (χ2n) is 9.35. The monoisotopic (exact) mass is 410 g/mol. The van der Waals surface area contributed by atoms with Crippen molar-refractivity contribution in [3.05, 3.63) is 35.4 Å². The van der Waals surface area contributed by atoms with Crippen molar-refractivity contribution in [1.29, 1.82) is 0 Å². The molecule has 29 heavy (non-hydrogen) atoms. The summed E-state index contributed by atoms with van der Waals surface area (Å²) < 4.78 is 2.14. The molecule has 1 aromatic heterocycles. The van der Waals surface area contributed by atoms with Gasteiger partial charge in [0, 0.05) is 36.4 Å². The number of benzene rings is 1. The minimum atomic E-state index is -1.72. The van der Waals surface area contributed by atoms with Crippen molar-refractivity contribution < 1.29 is 4.79 Å². The molecule has 2 amide bonds. The molecule has 1 aliphatic carbocycles. The Hall–Kier alpha value is -2.05. The van der Waals surface area contributed by atoms with Gasteiger partial charge in [-0.15, -0.1) is 0 Å². The number of hydrogen-bond donors (Lipinski definition) is 1. The zero-order valence-corrected chi connectivity index (χ0v) is 19.7. The number of nitrogens with zero attached hydrogens (tertiary/aromatic N) is 3. The molecule has 1 N–H and O–H groups in total. The molecule has 1 aliphatic heterocycles. The molecular formula is C23H34N4OSi. The first-order valence-corrected chi connectivity index (χ1v) is 14.4. The van der Waals surface area contributed by atoms with Gasteiger partial charge in [-0.3, -0.25) is 9.58 Å². The van der Waals surface area contributed by atoms with Gasteiger partial charge in [0.05, 0.1) is 5.52 Å². The third kappa shape index (κ3) is 3.22. The van der Waals surface area contributed by atoms with Crippen LogP contribution in [0, 0.1) is 0 Å². The highest BCUT2D eigenvalue weighted by Crippen LogP contribution is 2.40. The Labute approximate surface area is 175 Å². The van der Waals surface area contributed by atoms with Crippen LogP contribution in [0.1, 0.15) is 31.4 Å². The molecule has 0 fully saturated rings. The van der Waals surface area contributed by atoms with Gasteiger partial charge in [-0.05, 0) is 56.5 Å². The highest BCUT2D eigenvalue weighted by atomic mass is 28.3. The van der Waals surface area contributed by atoms with Gasteiger partial charge in [0.25, 0.3) is 0 Å². The van der Waals surface area contributed by atoms with Crippen molar-refractivity contribution in [2.75, 3.05) is 32.1 Å². The van der Waals surface area contributed by atoms with Gasteiger partial charge in [-0.1, -0.05) is 37.8 Å². The first kappa shape index (κ1) is 20.2. The van der Waals surface area contributed by atoms with Crippen LogP contribution >= 0.6 is 0 Å². The molecule has 0 unspecified atom stereocenters. The van der Waals surface area contributed by atoms with E-state index in [1.807, 2.05) is 18.7 Å². The van der Waals surface area contributed by atoms with Crippen LogP contribution in [0.2, 0.25) is 19.6 Å². The van der Waals surface area contributed by atoms with Crippen LogP contribution in [-0.2, 0) is 6.42 Å². The fourth-order valence-corrected chi connectivity index (χ4v) is 7.12. The van der Waals surface area contributed by atoms with Gasteiger partial charge in [0.15, 0.2) is 0 Å². The van der Waals surface area contributed by atoms with Crippen molar-refractivity contribution in [3.8, 4) is 0 Å². The first-order chi connectivity index (χ1) is 13.8. The summed E-state index contributed by atoms with van der Waals surface area (Å²) in [7, 11) is 0.522. The van der Waals surface area contributed by atoms with Crippen LogP contribution in [0.3, 0.4) is 0 Å². The summed E-state index contributed by atoms with van der Waals surface area (Å²) >= 11 is 0. The summed E-state index contributed by atoms with van der Waals surface area (Å²) in [5.74, 6) is 0. The molecule has 1 aromatic carbocycles. The topological polar surface area (TPSA) is 40.5 Å². The fourth-order valence-electron chi connectivity index (χ4n) is 5.14. The number of aromatic nitrogens is 1. The van der Waals surface area contributed by atoms with Crippen molar-refractivity contribution in [2.45, 2.75) is 52.4 Å². The highest BCUT2D eigenvalue weighted by molar-refractivity contribution is 6.88. The first-order valence-electron chi connectivity index (χ1n) is 10.9. The number of nitrogens with one attached hydrogen (secondary N) is 1. The average molecular weight is 411 g/mol. The molecule has 2 heterocycles. The number of rotatable bonds is 4. The third-order valence-corrected chi connectivity index (χ3v) is 8.45. The predicted molar refractivity (Wildman–Crippen MR) is 125 cm³/mol. The molecule has 2 aromatic rings. The molecule has 0 radical (unpaired) electrons. The number of hydrogen-bond acceptors (Lipinski definition) is 2. The molecule has 0 saturated heterocycles. The Balaban J connectivity index is 1.95. The van der Waals surface area contributed by atoms with Gasteiger partial charge in [-0.2, -0.15) is 0 Å². The van der Waals surface area contributed by atoms with Crippen LogP contribution in [0.5, 0.6) is 0 Å². The van der Waals surface area contributed by atoms with Gasteiger partial charge in [0.1, 0.15) is 8.07 Å². The second-order valence-corrected chi connectivity index (χ2v) is 14.3. The van der Waals surface area contributed by atoms with Crippen LogP contribution < -0.4 is 10.7 Å². The SMILES string of the molecule is CCN(CC)C(=O)Nn1c([Si](C)(C)C)c2c3c(cccc31)C1=CCCN(C)[C@@H]1C2. The van der Waals surface area contributed by atoms with Crippen molar-refractivity contribution in [2.24, 2.45) is 0 Å². The Kier molecular flexibility index (Phi) is 5.11. The zero-order valence-electron chi connectivity index (χ0n) is 18.7. The smallest absolute Gasteiger partial charge is 0.324 e. The molecule has 6 heteroatoms. The van der Waals surface area contributed by atoms with E-state index >= 15 is 0 Å². The van der Waals surface area contributed by atoms with Gasteiger partial charge in [0.2, 0.25) is 0 Å². The standard InChI is InChI=1S/C23H34N4OSi/c1-7-26(8-2)23(28)24-27-19-13-9-11-17-16-12-10-14-25(3)20(16)15-18(21(17)19)22(27)29(4,5)6/h9,11-13,20H,7-8,10,14-15H2,1-6H3,(H,24,28)/t20-/m1/s1. The summed E-state index contributed by atoms with van der Waals surface area (Å²) in [4.78, 5) is 17.3. The maximum Gasteiger partial charge on any atom is 0.336 e. The summed E-state index contributed by atoms with van der Waals surface area (Å²) in [5, 5.41) is 2.71. The Morgan fingerprint density at radius 3 is 2.62 bits per heavy atom. The fraction of sp³-hybridized carbons (Fsp3) is 0.522. The van der Waals surface area contributed by atoms with E-state index in [2.05, 4.69) is 66.0 Å². The molecule has 156 valence electrons. The quantitative estimate of drug-likeness (QED) is 0.778. The lowest BCUT2D eigenvalue weighted by Crippen LogP contribution is -2.51. The van der Waals surface area contributed by atoms with E-state index in [0.29, 0.717) is 19.1 Å². The van der Waals surface area contributed by atoms with Crippen LogP contribution in [0.25, 0.3) is 16.5 Å². The zero-order chi connectivity index (χ0) is 20.9. The minimum Gasteiger partial charge on any atom is -0.324 e. The van der Waals surface area contributed by atoms with E-state index in [1.165, 1.54) is 27.4 Å². The molecule has 5 nitrogen and oxygen atoms in total. The molecule has 0 spiro atoms. The lowest BCUT2D eigenvalue weighted by molar-refractivity contribution is 0.214. The van der Waals surface area contributed by atoms with E-state index in [9.17, 15) is 4.79 Å². The number of fused-ring (bicyclic) bond motifs is 2. The number of carbonyl (C=O) groups excluding carboxylic acids is 1. The van der Waals surface area contributed by atoms with Gasteiger partial charge < -0.3 is 4.90 Å². The molecule has 0 bridgehead atoms. The molecule has 2 aliphatic rings. The number of likely N-dealkylation sites (N-methyl/N-ethyl adjacent to an activating group) is 1. The minimum absolute atomic E-state index is 0.0173. The maximum atomic E-state index is 13.0. The van der Waals surface area contributed by atoms with Crippen LogP contribution in [-0.4, -0.2) is 61.3 Å². The number of carbonyl (C=O) groups is 1. The van der Waals surface area contributed by atoms with E-state index < -0.39 is 8.07 Å². The van der Waals surface area contributed by atoms with Crippen molar-refractivity contribution in [3.63, 3.8) is 0 Å². The van der Waals surface area contributed by atoms with Gasteiger partial charge in [-0.25, -0.2) is 10.2 Å². The third-order valence-electron chi connectivity index (χ3n) is 6.51. The van der Waals surface area contributed by atoms with E-state index in [4.69, 9.17) is 0 Å². The Morgan fingerprint density at radius 1 is 1.24 bits per heavy atom. The predicted octanol–water partition coefficient (Wildman–Crippen LogP) is 3.84. The number of amides is 2. The largest absolute Gasteiger partial charge is 0.336 e. The van der Waals surface area contributed by atoms with E-state index in [1.54, 1.807) is 0 Å². The van der Waals surface area contributed by atoms with E-state index in [0.717, 1.165) is 24.9 Å². The maximum absolute atomic E-state index is 13.0. The molecule has 4 rings (SSSR count). The summed E-state index contributed by atoms with van der Waals surface area (Å²) in [5.41, 5.74) is 8.68. The lowest BCUT2D eigenvalue weighted by Gasteiger charge is -2.37. The normalized spacial score (nSPS) is 19.1. The van der Waals surface area contributed by atoms with Crippen LogP contribution in [0.15, 0.2) is 24.3 Å². The number of urea groups is 1. The van der Waals surface area contributed by atoms with Crippen LogP contribution in [0.4, 0.5) is 4.79 Å². The van der Waals surface area contributed by atoms with Crippen molar-refractivity contribution >= 4 is 35.9 Å². The molecule has 0 saturated carbocycles. The van der Waals surface area contributed by atoms with E-state index in [-0.39, 0.29) is 6.03 Å². The summed E-state index contributed by atoms with van der Waals surface area (Å²) in [6, 6.07) is 7.01. The molecular weight excluding hydrogens is 376 g/mol. The summed E-state index contributed by atoms with van der Waals surface area (Å²) in [6.45, 7) is 13.7. The Morgan fingerprint density at radius 2 is 1.97 bits per heavy atom. The van der Waals surface area contributed by atoms with Crippen molar-refractivity contribution in [1.82, 2.24) is 14.5 Å². The second kappa shape index (κ2) is 7.33. The highest BCUT2D eigenvalue weighted by Gasteiger charge is 2.37.